The van der Waals surface area contributed by atoms with Crippen LogP contribution in [0.25, 0.3) is 0 Å². The minimum atomic E-state index is -0.206. The summed E-state index contributed by atoms with van der Waals surface area (Å²) in [5, 5.41) is 6.78. The summed E-state index contributed by atoms with van der Waals surface area (Å²) in [7, 11) is 1.82. The highest BCUT2D eigenvalue weighted by atomic mass is 127. The molecule has 2 rings (SSSR count). The number of aliphatic imine (C=N–C) groups is 1. The number of nitrogens with one attached hydrogen (secondary N) is 1. The van der Waals surface area contributed by atoms with Crippen molar-refractivity contribution in [3.8, 4) is 0 Å². The number of likely N-dealkylation sites (tertiary alicyclic amines) is 1. The average Bonchev–Trinajstić information content (AvgIpc) is 2.96. The van der Waals surface area contributed by atoms with Gasteiger partial charge in [0.15, 0.2) is 5.96 Å². The van der Waals surface area contributed by atoms with Crippen molar-refractivity contribution in [2.24, 2.45) is 16.6 Å². The van der Waals surface area contributed by atoms with Crippen LogP contribution in [-0.2, 0) is 11.2 Å². The Morgan fingerprint density at radius 3 is 2.96 bits per heavy atom. The molecule has 1 aliphatic rings. The van der Waals surface area contributed by atoms with E-state index in [2.05, 4.69) is 25.6 Å². The molecule has 1 atom stereocenters. The molecule has 0 spiro atoms. The molecule has 0 bridgehead atoms. The first-order chi connectivity index (χ1) is 11.6. The fourth-order valence-corrected chi connectivity index (χ4v) is 3.98. The van der Waals surface area contributed by atoms with Crippen LogP contribution < -0.4 is 11.1 Å². The second-order valence-electron chi connectivity index (χ2n) is 6.44. The van der Waals surface area contributed by atoms with E-state index in [9.17, 15) is 4.79 Å². The first-order valence-corrected chi connectivity index (χ1v) is 9.61. The second-order valence-corrected chi connectivity index (χ2v) is 7.38. The van der Waals surface area contributed by atoms with Crippen molar-refractivity contribution in [2.75, 3.05) is 26.7 Å². The zero-order valence-corrected chi connectivity index (χ0v) is 18.3. The Labute approximate surface area is 171 Å². The smallest absolute Gasteiger partial charge is 0.217 e. The molecule has 1 fully saturated rings. The van der Waals surface area contributed by atoms with Gasteiger partial charge in [0.05, 0.1) is 5.01 Å². The second kappa shape index (κ2) is 11.7. The number of thiazole rings is 1. The molecule has 0 radical (unpaired) electrons. The largest absolute Gasteiger partial charge is 0.370 e. The monoisotopic (exact) mass is 479 g/mol. The van der Waals surface area contributed by atoms with E-state index in [1.54, 1.807) is 11.3 Å². The normalized spacial score (nSPS) is 17.9. The molecule has 1 aromatic rings. The lowest BCUT2D eigenvalue weighted by atomic mass is 9.95. The molecule has 2 heterocycles. The molecule has 0 saturated carbocycles. The number of carbonyl (C=O) groups excluding carboxylic acids is 1. The molecule has 25 heavy (non-hydrogen) atoms. The van der Waals surface area contributed by atoms with E-state index in [-0.39, 0.29) is 29.9 Å². The third kappa shape index (κ3) is 7.89. The van der Waals surface area contributed by atoms with Crippen LogP contribution >= 0.6 is 35.3 Å². The Balaban J connectivity index is 0.00000312. The van der Waals surface area contributed by atoms with Crippen molar-refractivity contribution in [3.63, 3.8) is 0 Å². The quantitative estimate of drug-likeness (QED) is 0.273. The Bertz CT molecular complexity index is 563. The summed E-state index contributed by atoms with van der Waals surface area (Å²) in [6.07, 6.45) is 5.90. The lowest BCUT2D eigenvalue weighted by Crippen LogP contribution is -2.47. The predicted octanol–water partition coefficient (Wildman–Crippen LogP) is 2.56. The molecule has 1 saturated heterocycles. The van der Waals surface area contributed by atoms with Crippen LogP contribution in [0.1, 0.15) is 42.8 Å². The highest BCUT2D eigenvalue weighted by Gasteiger charge is 2.23. The van der Waals surface area contributed by atoms with Gasteiger partial charge in [0.25, 0.3) is 0 Å². The number of amides is 1. The van der Waals surface area contributed by atoms with Crippen LogP contribution in [-0.4, -0.2) is 48.4 Å². The van der Waals surface area contributed by atoms with E-state index < -0.39 is 0 Å². The molecule has 142 valence electrons. The third-order valence-electron chi connectivity index (χ3n) is 4.29. The van der Waals surface area contributed by atoms with E-state index >= 15 is 0 Å². The van der Waals surface area contributed by atoms with E-state index in [1.165, 1.54) is 5.01 Å². The van der Waals surface area contributed by atoms with Gasteiger partial charge in [-0.2, -0.15) is 0 Å². The summed E-state index contributed by atoms with van der Waals surface area (Å²) in [5.74, 6) is 1.08. The minimum Gasteiger partial charge on any atom is -0.370 e. The number of rotatable bonds is 7. The molecule has 1 aliphatic heterocycles. The van der Waals surface area contributed by atoms with Crippen molar-refractivity contribution in [3.05, 3.63) is 16.1 Å². The van der Waals surface area contributed by atoms with Crippen LogP contribution in [0.15, 0.2) is 10.4 Å². The van der Waals surface area contributed by atoms with Crippen molar-refractivity contribution in [2.45, 2.75) is 45.4 Å². The fraction of sp³-hybridized carbons (Fsp3) is 0.706. The van der Waals surface area contributed by atoms with Gasteiger partial charge in [0.2, 0.25) is 5.91 Å². The summed E-state index contributed by atoms with van der Waals surface area (Å²) in [5.41, 5.74) is 6.45. The lowest BCUT2D eigenvalue weighted by Gasteiger charge is -2.34. The van der Waals surface area contributed by atoms with E-state index in [4.69, 9.17) is 5.73 Å². The number of guanidine groups is 1. The van der Waals surface area contributed by atoms with Gasteiger partial charge in [-0.05, 0) is 44.9 Å². The number of unbranched alkanes of at least 4 members (excludes halogenated alkanes) is 1. The van der Waals surface area contributed by atoms with Crippen molar-refractivity contribution in [1.29, 1.82) is 0 Å². The zero-order chi connectivity index (χ0) is 17.4. The number of nitrogens with zero attached hydrogens (tertiary/aromatic N) is 3. The molecule has 6 nitrogen and oxygen atoms in total. The SMILES string of the molecule is CN=C(NCCCCc1nc(C)cs1)N1CCCC(CC(N)=O)C1.I. The van der Waals surface area contributed by atoms with Gasteiger partial charge >= 0.3 is 0 Å². The number of hydrogen-bond acceptors (Lipinski definition) is 4. The maximum absolute atomic E-state index is 11.1. The van der Waals surface area contributed by atoms with Crippen molar-refractivity contribution < 1.29 is 4.79 Å². The first kappa shape index (κ1) is 22.1. The highest BCUT2D eigenvalue weighted by Crippen LogP contribution is 2.19. The highest BCUT2D eigenvalue weighted by molar-refractivity contribution is 14.0. The topological polar surface area (TPSA) is 83.6 Å². The van der Waals surface area contributed by atoms with Gasteiger partial charge in [0, 0.05) is 44.2 Å². The number of primary amides is 1. The summed E-state index contributed by atoms with van der Waals surface area (Å²) in [6, 6.07) is 0. The third-order valence-corrected chi connectivity index (χ3v) is 5.31. The summed E-state index contributed by atoms with van der Waals surface area (Å²) in [4.78, 5) is 22.3. The Kier molecular flexibility index (Phi) is 10.3. The molecule has 1 amide bonds. The van der Waals surface area contributed by atoms with Gasteiger partial charge in [-0.3, -0.25) is 9.79 Å². The number of nitrogens with two attached hydrogens (primary N) is 1. The van der Waals surface area contributed by atoms with Crippen molar-refractivity contribution >= 4 is 47.2 Å². The van der Waals surface area contributed by atoms with Gasteiger partial charge in [0.1, 0.15) is 0 Å². The first-order valence-electron chi connectivity index (χ1n) is 8.73. The molecule has 8 heteroatoms. The van der Waals surface area contributed by atoms with Crippen LogP contribution in [0.4, 0.5) is 0 Å². The van der Waals surface area contributed by atoms with Crippen LogP contribution in [0.2, 0.25) is 0 Å². The molecule has 1 unspecified atom stereocenters. The maximum atomic E-state index is 11.1. The summed E-state index contributed by atoms with van der Waals surface area (Å²) < 4.78 is 0. The number of piperidine rings is 1. The minimum absolute atomic E-state index is 0. The number of aromatic nitrogens is 1. The van der Waals surface area contributed by atoms with Gasteiger partial charge in [-0.15, -0.1) is 35.3 Å². The number of halogens is 1. The molecule has 1 aromatic heterocycles. The van der Waals surface area contributed by atoms with Crippen LogP contribution in [0.5, 0.6) is 0 Å². The molecular weight excluding hydrogens is 449 g/mol. The Hall–Kier alpha value is -0.900. The van der Waals surface area contributed by atoms with Gasteiger partial charge < -0.3 is 16.0 Å². The molecule has 0 aliphatic carbocycles. The van der Waals surface area contributed by atoms with Crippen LogP contribution in [0.3, 0.4) is 0 Å². The summed E-state index contributed by atoms with van der Waals surface area (Å²) >= 11 is 1.74. The van der Waals surface area contributed by atoms with E-state index in [0.717, 1.165) is 63.4 Å². The van der Waals surface area contributed by atoms with Gasteiger partial charge in [-0.1, -0.05) is 0 Å². The molecule has 3 N–H and O–H groups in total. The number of aryl methyl sites for hydroxylation is 2. The van der Waals surface area contributed by atoms with E-state index in [1.807, 2.05) is 14.0 Å². The van der Waals surface area contributed by atoms with Gasteiger partial charge in [-0.25, -0.2) is 4.98 Å². The fourth-order valence-electron chi connectivity index (χ4n) is 3.16. The average molecular weight is 479 g/mol. The zero-order valence-electron chi connectivity index (χ0n) is 15.2. The van der Waals surface area contributed by atoms with E-state index in [0.29, 0.717) is 12.3 Å². The Morgan fingerprint density at radius 1 is 1.52 bits per heavy atom. The lowest BCUT2D eigenvalue weighted by molar-refractivity contribution is -0.119. The molecule has 0 aromatic carbocycles. The summed E-state index contributed by atoms with van der Waals surface area (Å²) in [6.45, 7) is 4.80. The molecular formula is C17H30IN5OS. The maximum Gasteiger partial charge on any atom is 0.217 e. The van der Waals surface area contributed by atoms with Crippen molar-refractivity contribution in [1.82, 2.24) is 15.2 Å². The van der Waals surface area contributed by atoms with Crippen LogP contribution in [0, 0.1) is 12.8 Å². The predicted molar refractivity (Wildman–Crippen MR) is 115 cm³/mol. The standard InChI is InChI=1S/C17H29N5OS.HI/c1-13-12-24-16(21-13)7-3-4-8-20-17(19-2)22-9-5-6-14(11-22)10-15(18)23;/h12,14H,3-11H2,1-2H3,(H2,18,23)(H,19,20);1H. The number of carbonyl (C=O) groups is 1. The number of hydrogen-bond donors (Lipinski definition) is 2. The Morgan fingerprint density at radius 2 is 2.32 bits per heavy atom.